The van der Waals surface area contributed by atoms with Crippen molar-refractivity contribution in [3.05, 3.63) is 30.0 Å². The van der Waals surface area contributed by atoms with E-state index in [2.05, 4.69) is 4.90 Å². The fourth-order valence-electron chi connectivity index (χ4n) is 1.79. The molecule has 5 nitrogen and oxygen atoms in total. The molecule has 2 rings (SSSR count). The average Bonchev–Trinajstić information content (AvgIpc) is 2.77. The third-order valence-electron chi connectivity index (χ3n) is 2.72. The van der Waals surface area contributed by atoms with Gasteiger partial charge in [-0.2, -0.15) is 0 Å². The normalized spacial score (nSPS) is 11.1. The van der Waals surface area contributed by atoms with E-state index in [0.29, 0.717) is 12.2 Å². The lowest BCUT2D eigenvalue weighted by molar-refractivity contribution is 0.0665. The van der Waals surface area contributed by atoms with Crippen LogP contribution in [-0.4, -0.2) is 43.2 Å². The molecule has 1 heterocycles. The molecule has 0 aliphatic heterocycles. The Morgan fingerprint density at radius 1 is 1.37 bits per heavy atom. The lowest BCUT2D eigenvalue weighted by Gasteiger charge is -2.10. The Morgan fingerprint density at radius 2 is 2.16 bits per heavy atom. The first-order valence-corrected chi connectivity index (χ1v) is 6.10. The predicted octanol–water partition coefficient (Wildman–Crippen LogP) is 2.46. The summed E-state index contributed by atoms with van der Waals surface area (Å²) in [5, 5.41) is 9.59. The maximum absolute atomic E-state index is 10.8. The molecule has 0 saturated heterocycles. The minimum atomic E-state index is -1.07. The van der Waals surface area contributed by atoms with Gasteiger partial charge in [-0.15, -0.1) is 0 Å². The van der Waals surface area contributed by atoms with Gasteiger partial charge in [-0.1, -0.05) is 0 Å². The van der Waals surface area contributed by atoms with E-state index < -0.39 is 5.97 Å². The fraction of sp³-hybridized carbons (Fsp3) is 0.357. The zero-order chi connectivity index (χ0) is 13.8. The van der Waals surface area contributed by atoms with E-state index in [-0.39, 0.29) is 5.76 Å². The number of carboxylic acid groups (broad SMARTS) is 1. The summed E-state index contributed by atoms with van der Waals surface area (Å²) in [5.41, 5.74) is 0.554. The van der Waals surface area contributed by atoms with Crippen LogP contribution < -0.4 is 4.74 Å². The minimum Gasteiger partial charge on any atom is -0.494 e. The maximum atomic E-state index is 10.8. The van der Waals surface area contributed by atoms with Crippen LogP contribution >= 0.6 is 0 Å². The van der Waals surface area contributed by atoms with E-state index >= 15 is 0 Å². The minimum absolute atomic E-state index is 0.0558. The van der Waals surface area contributed by atoms with Gasteiger partial charge in [-0.3, -0.25) is 0 Å². The zero-order valence-electron chi connectivity index (χ0n) is 11.0. The number of ether oxygens (including phenoxy) is 1. The predicted molar refractivity (Wildman–Crippen MR) is 71.8 cm³/mol. The number of benzene rings is 1. The lowest BCUT2D eigenvalue weighted by atomic mass is 10.2. The topological polar surface area (TPSA) is 62.9 Å². The van der Waals surface area contributed by atoms with Crippen LogP contribution in [0.1, 0.15) is 17.0 Å². The summed E-state index contributed by atoms with van der Waals surface area (Å²) in [5.74, 6) is -0.395. The molecule has 0 unspecified atom stereocenters. The van der Waals surface area contributed by atoms with Gasteiger partial charge in [0.15, 0.2) is 0 Å². The first-order chi connectivity index (χ1) is 9.06. The van der Waals surface area contributed by atoms with Gasteiger partial charge in [0.2, 0.25) is 5.76 Å². The van der Waals surface area contributed by atoms with E-state index in [1.54, 1.807) is 18.2 Å². The third kappa shape index (κ3) is 3.48. The van der Waals surface area contributed by atoms with Gasteiger partial charge in [0.05, 0.1) is 6.61 Å². The SMILES string of the molecule is CN(C)CCCOc1ccc2oc(C(=O)O)cc2c1. The number of hydrogen-bond donors (Lipinski definition) is 1. The Balaban J connectivity index is 2.02. The highest BCUT2D eigenvalue weighted by Gasteiger charge is 2.10. The molecule has 19 heavy (non-hydrogen) atoms. The Bertz CT molecular complexity index is 574. The third-order valence-corrected chi connectivity index (χ3v) is 2.72. The van der Waals surface area contributed by atoms with Crippen molar-refractivity contribution in [3.63, 3.8) is 0 Å². The molecule has 0 radical (unpaired) electrons. The van der Waals surface area contributed by atoms with Crippen LogP contribution in [0, 0.1) is 0 Å². The molecule has 2 aromatic rings. The molecule has 0 aliphatic rings. The van der Waals surface area contributed by atoms with Crippen LogP contribution in [0.3, 0.4) is 0 Å². The summed E-state index contributed by atoms with van der Waals surface area (Å²) < 4.78 is 10.8. The molecular formula is C14H17NO4. The summed E-state index contributed by atoms with van der Waals surface area (Å²) in [6.07, 6.45) is 0.941. The van der Waals surface area contributed by atoms with Crippen LogP contribution in [0.5, 0.6) is 5.75 Å². The highest BCUT2D eigenvalue weighted by Crippen LogP contribution is 2.24. The van der Waals surface area contributed by atoms with E-state index in [1.165, 1.54) is 6.07 Å². The van der Waals surface area contributed by atoms with E-state index in [4.69, 9.17) is 14.3 Å². The number of rotatable bonds is 6. The fourth-order valence-corrected chi connectivity index (χ4v) is 1.79. The molecule has 1 N–H and O–H groups in total. The van der Waals surface area contributed by atoms with Crippen molar-refractivity contribution in [2.45, 2.75) is 6.42 Å². The van der Waals surface area contributed by atoms with Gasteiger partial charge in [-0.25, -0.2) is 4.79 Å². The van der Waals surface area contributed by atoms with Gasteiger partial charge in [-0.05, 0) is 44.8 Å². The molecule has 1 aromatic heterocycles. The van der Waals surface area contributed by atoms with Gasteiger partial charge in [0, 0.05) is 11.9 Å². The summed E-state index contributed by atoms with van der Waals surface area (Å²) in [6.45, 7) is 1.60. The van der Waals surface area contributed by atoms with Crippen molar-refractivity contribution < 1.29 is 19.1 Å². The van der Waals surface area contributed by atoms with Crippen molar-refractivity contribution in [1.82, 2.24) is 4.90 Å². The first kappa shape index (κ1) is 13.4. The second kappa shape index (κ2) is 5.75. The van der Waals surface area contributed by atoms with E-state index in [9.17, 15) is 4.79 Å². The summed E-state index contributed by atoms with van der Waals surface area (Å²) in [4.78, 5) is 12.9. The van der Waals surface area contributed by atoms with Gasteiger partial charge >= 0.3 is 5.97 Å². The number of carbonyl (C=O) groups is 1. The Labute approximate surface area is 111 Å². The lowest BCUT2D eigenvalue weighted by Crippen LogP contribution is -2.15. The Morgan fingerprint density at radius 3 is 2.84 bits per heavy atom. The van der Waals surface area contributed by atoms with Crippen molar-refractivity contribution in [2.24, 2.45) is 0 Å². The molecule has 0 atom stereocenters. The molecule has 0 fully saturated rings. The maximum Gasteiger partial charge on any atom is 0.371 e. The van der Waals surface area contributed by atoms with Gasteiger partial charge in [0.25, 0.3) is 0 Å². The summed E-state index contributed by atoms with van der Waals surface area (Å²) in [6, 6.07) is 6.81. The smallest absolute Gasteiger partial charge is 0.371 e. The van der Waals surface area contributed by atoms with Gasteiger partial charge < -0.3 is 19.2 Å². The molecule has 0 bridgehead atoms. The van der Waals surface area contributed by atoms with Crippen LogP contribution in [-0.2, 0) is 0 Å². The van der Waals surface area contributed by atoms with Crippen molar-refractivity contribution >= 4 is 16.9 Å². The second-order valence-corrected chi connectivity index (χ2v) is 4.62. The monoisotopic (exact) mass is 263 g/mol. The quantitative estimate of drug-likeness (QED) is 0.811. The zero-order valence-corrected chi connectivity index (χ0v) is 11.0. The molecule has 0 amide bonds. The first-order valence-electron chi connectivity index (χ1n) is 6.10. The molecule has 0 spiro atoms. The standard InChI is InChI=1S/C14H17NO4/c1-15(2)6-3-7-18-11-4-5-12-10(8-11)9-13(19-12)14(16)17/h4-5,8-9H,3,6-7H2,1-2H3,(H,16,17). The van der Waals surface area contributed by atoms with E-state index in [0.717, 1.165) is 24.1 Å². The van der Waals surface area contributed by atoms with E-state index in [1.807, 2.05) is 14.1 Å². The molecule has 102 valence electrons. The van der Waals surface area contributed by atoms with Crippen molar-refractivity contribution in [1.29, 1.82) is 0 Å². The molecule has 5 heteroatoms. The number of hydrogen-bond acceptors (Lipinski definition) is 4. The summed E-state index contributed by atoms with van der Waals surface area (Å²) >= 11 is 0. The average molecular weight is 263 g/mol. The largest absolute Gasteiger partial charge is 0.494 e. The Hall–Kier alpha value is -2.01. The van der Waals surface area contributed by atoms with Crippen LogP contribution in [0.4, 0.5) is 0 Å². The number of nitrogens with zero attached hydrogens (tertiary/aromatic N) is 1. The molecule has 1 aromatic carbocycles. The van der Waals surface area contributed by atoms with Crippen molar-refractivity contribution in [2.75, 3.05) is 27.2 Å². The number of furan rings is 1. The molecule has 0 aliphatic carbocycles. The number of fused-ring (bicyclic) bond motifs is 1. The highest BCUT2D eigenvalue weighted by molar-refractivity contribution is 5.91. The molecular weight excluding hydrogens is 246 g/mol. The Kier molecular flexibility index (Phi) is 4.06. The van der Waals surface area contributed by atoms with Crippen LogP contribution in [0.15, 0.2) is 28.7 Å². The number of carboxylic acids is 1. The number of aromatic carboxylic acids is 1. The van der Waals surface area contributed by atoms with Gasteiger partial charge in [0.1, 0.15) is 11.3 Å². The van der Waals surface area contributed by atoms with Crippen LogP contribution in [0.2, 0.25) is 0 Å². The second-order valence-electron chi connectivity index (χ2n) is 4.62. The van der Waals surface area contributed by atoms with Crippen molar-refractivity contribution in [3.8, 4) is 5.75 Å². The molecule has 0 saturated carbocycles. The van der Waals surface area contributed by atoms with Crippen LogP contribution in [0.25, 0.3) is 11.0 Å². The highest BCUT2D eigenvalue weighted by atomic mass is 16.5. The summed E-state index contributed by atoms with van der Waals surface area (Å²) in [7, 11) is 4.04.